The van der Waals surface area contributed by atoms with Crippen molar-refractivity contribution in [3.8, 4) is 6.07 Å². The number of nitrogens with one attached hydrogen (secondary N) is 1. The predicted molar refractivity (Wildman–Crippen MR) is 111 cm³/mol. The lowest BCUT2D eigenvalue weighted by Crippen LogP contribution is -2.70. The number of carboxylic acids is 1. The van der Waals surface area contributed by atoms with Crippen molar-refractivity contribution in [2.45, 2.75) is 17.8 Å². The van der Waals surface area contributed by atoms with Crippen molar-refractivity contribution >= 4 is 47.0 Å². The number of nitrogens with zero attached hydrogens (tertiary/aromatic N) is 3. The van der Waals surface area contributed by atoms with Gasteiger partial charge in [-0.15, -0.1) is 11.8 Å². The van der Waals surface area contributed by atoms with E-state index in [1.165, 1.54) is 28.1 Å². The number of allylic oxidation sites excluding steroid dienone is 1. The molecule has 3 rings (SSSR count). The van der Waals surface area contributed by atoms with Crippen LogP contribution in [0.2, 0.25) is 0 Å². The minimum Gasteiger partial charge on any atom is -0.477 e. The second-order valence-electron chi connectivity index (χ2n) is 6.21. The molecule has 1 fully saturated rings. The van der Waals surface area contributed by atoms with Crippen LogP contribution in [0.3, 0.4) is 0 Å². The highest BCUT2D eigenvalue weighted by Gasteiger charge is 2.54. The lowest BCUT2D eigenvalue weighted by Gasteiger charge is -2.49. The molecule has 0 bridgehead atoms. The number of β-lactam (4-membered cyclic amide) rings is 1. The minimum absolute atomic E-state index is 0.128. The molecule has 1 saturated heterocycles. The van der Waals surface area contributed by atoms with Crippen molar-refractivity contribution in [1.29, 1.82) is 5.26 Å². The van der Waals surface area contributed by atoms with Crippen LogP contribution in [0.1, 0.15) is 5.56 Å². The van der Waals surface area contributed by atoms with Gasteiger partial charge in [-0.3, -0.25) is 14.5 Å². The highest BCUT2D eigenvalue weighted by Crippen LogP contribution is 2.43. The average Bonchev–Trinajstić information content (AvgIpc) is 2.75. The Labute approximate surface area is 180 Å². The maximum absolute atomic E-state index is 12.6. The number of benzene rings is 1. The van der Waals surface area contributed by atoms with Crippen LogP contribution in [0.4, 0.5) is 0 Å². The van der Waals surface area contributed by atoms with Crippen LogP contribution in [-0.2, 0) is 20.8 Å². The number of nitriles is 1. The van der Waals surface area contributed by atoms with Gasteiger partial charge in [-0.05, 0) is 17.0 Å². The van der Waals surface area contributed by atoms with Crippen molar-refractivity contribution < 1.29 is 24.7 Å². The predicted octanol–water partition coefficient (Wildman–Crippen LogP) is 1.53. The van der Waals surface area contributed by atoms with E-state index in [-0.39, 0.29) is 23.7 Å². The zero-order valence-corrected chi connectivity index (χ0v) is 17.0. The Hall–Kier alpha value is -3.23. The first-order valence-electron chi connectivity index (χ1n) is 8.66. The molecule has 2 heterocycles. The SMILES string of the molecule is N#CC(/C=C\SC1=C(C(=O)O)N2C(=O)C(NC(=O)Cc3ccccc3)[C@H]2SC1)=N\O. The van der Waals surface area contributed by atoms with E-state index in [1.807, 2.05) is 30.3 Å². The molecule has 1 unspecified atom stereocenters. The molecule has 0 aliphatic carbocycles. The second-order valence-corrected chi connectivity index (χ2v) is 8.32. The van der Waals surface area contributed by atoms with Crippen LogP contribution in [0, 0.1) is 11.3 Å². The highest BCUT2D eigenvalue weighted by atomic mass is 32.2. The Morgan fingerprint density at radius 1 is 1.40 bits per heavy atom. The summed E-state index contributed by atoms with van der Waals surface area (Å²) < 4.78 is 0. The van der Waals surface area contributed by atoms with E-state index < -0.39 is 23.3 Å². The van der Waals surface area contributed by atoms with Crippen LogP contribution >= 0.6 is 23.5 Å². The molecule has 1 aromatic rings. The maximum Gasteiger partial charge on any atom is 0.353 e. The summed E-state index contributed by atoms with van der Waals surface area (Å²) >= 11 is 2.37. The number of oxime groups is 1. The van der Waals surface area contributed by atoms with Gasteiger partial charge in [0.05, 0.1) is 6.42 Å². The monoisotopic (exact) mass is 444 g/mol. The molecule has 3 N–H and O–H groups in total. The van der Waals surface area contributed by atoms with E-state index in [4.69, 9.17) is 10.5 Å². The van der Waals surface area contributed by atoms with Gasteiger partial charge < -0.3 is 15.6 Å². The largest absolute Gasteiger partial charge is 0.477 e. The number of hydrogen-bond acceptors (Lipinski definition) is 8. The van der Waals surface area contributed by atoms with Gasteiger partial charge in [-0.1, -0.05) is 47.2 Å². The van der Waals surface area contributed by atoms with Gasteiger partial charge in [-0.25, -0.2) is 4.79 Å². The summed E-state index contributed by atoms with van der Waals surface area (Å²) in [7, 11) is 0. The molecule has 154 valence electrons. The maximum atomic E-state index is 12.6. The fourth-order valence-electron chi connectivity index (χ4n) is 2.96. The molecular formula is C19H16N4O5S2. The van der Waals surface area contributed by atoms with Crippen LogP contribution in [0.15, 0.2) is 57.6 Å². The van der Waals surface area contributed by atoms with Crippen molar-refractivity contribution in [2.75, 3.05) is 5.75 Å². The molecule has 0 saturated carbocycles. The van der Waals surface area contributed by atoms with E-state index in [1.54, 1.807) is 6.07 Å². The molecule has 30 heavy (non-hydrogen) atoms. The Bertz CT molecular complexity index is 1000. The number of carbonyl (C=O) groups excluding carboxylic acids is 2. The normalized spacial score (nSPS) is 21.1. The van der Waals surface area contributed by atoms with E-state index in [9.17, 15) is 19.5 Å². The lowest BCUT2D eigenvalue weighted by atomic mass is 10.0. The topological polar surface area (TPSA) is 143 Å². The van der Waals surface area contributed by atoms with Gasteiger partial charge in [0, 0.05) is 10.7 Å². The number of carbonyl (C=O) groups is 3. The third-order valence-corrected chi connectivity index (χ3v) is 6.68. The second kappa shape index (κ2) is 9.51. The summed E-state index contributed by atoms with van der Waals surface area (Å²) in [5, 5.41) is 33.3. The number of fused-ring (bicyclic) bond motifs is 1. The summed E-state index contributed by atoms with van der Waals surface area (Å²) in [6.07, 6.45) is 1.36. The van der Waals surface area contributed by atoms with Crippen molar-refractivity contribution in [3.63, 3.8) is 0 Å². The number of amides is 2. The Morgan fingerprint density at radius 3 is 2.77 bits per heavy atom. The summed E-state index contributed by atoms with van der Waals surface area (Å²) in [6, 6.07) is 9.98. The van der Waals surface area contributed by atoms with Gasteiger partial charge in [0.1, 0.15) is 23.2 Å². The third-order valence-electron chi connectivity index (χ3n) is 4.32. The fraction of sp³-hybridized carbons (Fsp3) is 0.211. The van der Waals surface area contributed by atoms with Crippen molar-refractivity contribution in [2.24, 2.45) is 5.16 Å². The molecule has 2 amide bonds. The molecule has 0 radical (unpaired) electrons. The van der Waals surface area contributed by atoms with Crippen LogP contribution in [-0.4, -0.2) is 55.9 Å². The third kappa shape index (κ3) is 4.50. The van der Waals surface area contributed by atoms with Gasteiger partial charge >= 0.3 is 5.97 Å². The van der Waals surface area contributed by atoms with Gasteiger partial charge in [0.2, 0.25) is 5.91 Å². The smallest absolute Gasteiger partial charge is 0.353 e. The molecule has 9 nitrogen and oxygen atoms in total. The van der Waals surface area contributed by atoms with Gasteiger partial charge in [0.25, 0.3) is 5.91 Å². The summed E-state index contributed by atoms with van der Waals surface area (Å²) in [4.78, 5) is 38.2. The molecule has 0 spiro atoms. The number of carboxylic acid groups (broad SMARTS) is 1. The van der Waals surface area contributed by atoms with E-state index in [0.29, 0.717) is 10.7 Å². The standard InChI is InChI=1S/C19H16N4O5S2/c20-9-12(22-28)6-7-29-13-10-30-18-15(17(25)23(18)16(13)19(26)27)21-14(24)8-11-4-2-1-3-5-11/h1-7,15,18,28H,8,10H2,(H,21,24)(H,26,27)/b7-6-,22-12-/t15?,18-/m1/s1. The molecule has 2 aliphatic rings. The Morgan fingerprint density at radius 2 is 2.13 bits per heavy atom. The minimum atomic E-state index is -1.25. The van der Waals surface area contributed by atoms with E-state index in [0.717, 1.165) is 17.3 Å². The zero-order valence-electron chi connectivity index (χ0n) is 15.4. The lowest BCUT2D eigenvalue weighted by molar-refractivity contribution is -0.150. The van der Waals surface area contributed by atoms with E-state index in [2.05, 4.69) is 10.5 Å². The first-order chi connectivity index (χ1) is 14.5. The number of hydrogen-bond donors (Lipinski definition) is 3. The molecule has 11 heteroatoms. The molecule has 0 aromatic heterocycles. The number of aliphatic carboxylic acids is 1. The first-order valence-corrected chi connectivity index (χ1v) is 10.6. The highest BCUT2D eigenvalue weighted by molar-refractivity contribution is 8.08. The van der Waals surface area contributed by atoms with Crippen molar-refractivity contribution in [3.05, 3.63) is 58.0 Å². The average molecular weight is 444 g/mol. The van der Waals surface area contributed by atoms with Crippen LogP contribution < -0.4 is 5.32 Å². The van der Waals surface area contributed by atoms with E-state index >= 15 is 0 Å². The van der Waals surface area contributed by atoms with Crippen LogP contribution in [0.5, 0.6) is 0 Å². The zero-order chi connectivity index (χ0) is 21.7. The number of rotatable bonds is 7. The van der Waals surface area contributed by atoms with Gasteiger partial charge in [-0.2, -0.15) is 5.26 Å². The summed E-state index contributed by atoms with van der Waals surface area (Å²) in [6.45, 7) is 0. The fourth-order valence-corrected chi connectivity index (χ4v) is 5.29. The molecule has 2 atom stereocenters. The summed E-state index contributed by atoms with van der Waals surface area (Å²) in [5.74, 6) is -1.73. The summed E-state index contributed by atoms with van der Waals surface area (Å²) in [5.41, 5.74) is 0.434. The number of thioether (sulfide) groups is 2. The Kier molecular flexibility index (Phi) is 6.81. The first kappa shape index (κ1) is 21.5. The van der Waals surface area contributed by atoms with Crippen molar-refractivity contribution in [1.82, 2.24) is 10.2 Å². The van der Waals surface area contributed by atoms with Gasteiger partial charge in [0.15, 0.2) is 5.71 Å². The molecule has 1 aromatic carbocycles. The Balaban J connectivity index is 1.69. The molecular weight excluding hydrogens is 428 g/mol. The quantitative estimate of drug-likeness (QED) is 0.249. The molecule has 2 aliphatic heterocycles. The van der Waals surface area contributed by atoms with Crippen LogP contribution in [0.25, 0.3) is 0 Å².